The Morgan fingerprint density at radius 2 is 1.78 bits per heavy atom. The number of aliphatic hydroxyl groups is 1. The molecule has 2 aromatic carbocycles. The Hall–Kier alpha value is -4.02. The van der Waals surface area contributed by atoms with Crippen molar-refractivity contribution in [3.05, 3.63) is 76.8 Å². The predicted octanol–water partition coefficient (Wildman–Crippen LogP) is 4.12. The van der Waals surface area contributed by atoms with E-state index in [1.54, 1.807) is 36.2 Å². The summed E-state index contributed by atoms with van der Waals surface area (Å²) in [6.07, 6.45) is 0. The SMILES string of the molecule is Cc1cc(N(C)c2nc(C(=O)O)c(C(CO)CNS(=O)(=O)c3ccccc3)s2)nnc1Nc1nc2ccccc2s1. The molecule has 1 unspecified atom stereocenters. The molecule has 0 aliphatic rings. The second-order valence-corrected chi connectivity index (χ2v) is 12.8. The molecule has 5 rings (SSSR count). The van der Waals surface area contributed by atoms with Crippen LogP contribution in [0, 0.1) is 6.92 Å². The fraction of sp³-hybridized carbons (Fsp3) is 0.192. The van der Waals surface area contributed by atoms with Crippen LogP contribution in [-0.2, 0) is 10.0 Å². The minimum atomic E-state index is -3.86. The normalized spacial score (nSPS) is 12.4. The highest BCUT2D eigenvalue weighted by molar-refractivity contribution is 7.89. The van der Waals surface area contributed by atoms with Crippen molar-refractivity contribution in [3.8, 4) is 0 Å². The Bertz CT molecular complexity index is 1780. The van der Waals surface area contributed by atoms with Crippen molar-refractivity contribution in [3.63, 3.8) is 0 Å². The molecule has 0 bridgehead atoms. The molecule has 0 amide bonds. The molecule has 0 radical (unpaired) electrons. The second kappa shape index (κ2) is 11.8. The number of carboxylic acids is 1. The predicted molar refractivity (Wildman–Crippen MR) is 158 cm³/mol. The van der Waals surface area contributed by atoms with Gasteiger partial charge in [-0.25, -0.2) is 27.9 Å². The van der Waals surface area contributed by atoms with E-state index in [1.165, 1.54) is 23.5 Å². The van der Waals surface area contributed by atoms with Crippen LogP contribution in [0.15, 0.2) is 65.6 Å². The number of aryl methyl sites for hydroxylation is 1. The Morgan fingerprint density at radius 3 is 2.46 bits per heavy atom. The number of anilines is 4. The number of carboxylic acid groups (broad SMARTS) is 1. The summed E-state index contributed by atoms with van der Waals surface area (Å²) in [6, 6.07) is 17.4. The molecular formula is C26H25N7O5S3. The summed E-state index contributed by atoms with van der Waals surface area (Å²) < 4.78 is 28.8. The van der Waals surface area contributed by atoms with Crippen LogP contribution in [0.5, 0.6) is 0 Å². The van der Waals surface area contributed by atoms with Crippen LogP contribution >= 0.6 is 22.7 Å². The summed E-state index contributed by atoms with van der Waals surface area (Å²) >= 11 is 2.53. The van der Waals surface area contributed by atoms with Crippen LogP contribution in [0.2, 0.25) is 0 Å². The van der Waals surface area contributed by atoms with E-state index in [-0.39, 0.29) is 22.0 Å². The zero-order valence-electron chi connectivity index (χ0n) is 21.8. The average Bonchev–Trinajstić information content (AvgIpc) is 3.59. The first-order valence-corrected chi connectivity index (χ1v) is 15.4. The Kier molecular flexibility index (Phi) is 8.23. The first-order chi connectivity index (χ1) is 19.7. The van der Waals surface area contributed by atoms with E-state index in [4.69, 9.17) is 0 Å². The third-order valence-corrected chi connectivity index (χ3v) is 9.82. The van der Waals surface area contributed by atoms with Gasteiger partial charge >= 0.3 is 5.97 Å². The van der Waals surface area contributed by atoms with E-state index in [9.17, 15) is 23.4 Å². The van der Waals surface area contributed by atoms with Crippen LogP contribution in [0.1, 0.15) is 26.8 Å². The number of aromatic nitrogens is 4. The molecule has 0 fully saturated rings. The lowest BCUT2D eigenvalue weighted by molar-refractivity contribution is 0.0689. The molecule has 3 aromatic heterocycles. The topological polar surface area (TPSA) is 171 Å². The molecule has 4 N–H and O–H groups in total. The molecular weight excluding hydrogens is 587 g/mol. The maximum absolute atomic E-state index is 12.7. The summed E-state index contributed by atoms with van der Waals surface area (Å²) in [4.78, 5) is 22.7. The molecule has 15 heteroatoms. The summed E-state index contributed by atoms with van der Waals surface area (Å²) in [6.45, 7) is 1.15. The second-order valence-electron chi connectivity index (χ2n) is 8.96. The highest BCUT2D eigenvalue weighted by Crippen LogP contribution is 2.35. The van der Waals surface area contributed by atoms with Gasteiger partial charge in [0, 0.05) is 24.4 Å². The third kappa shape index (κ3) is 6.18. The number of benzene rings is 2. The lowest BCUT2D eigenvalue weighted by Gasteiger charge is -2.16. The van der Waals surface area contributed by atoms with E-state index in [2.05, 4.69) is 30.2 Å². The molecule has 3 heterocycles. The van der Waals surface area contributed by atoms with Crippen molar-refractivity contribution in [2.45, 2.75) is 17.7 Å². The average molecular weight is 612 g/mol. The summed E-state index contributed by atoms with van der Waals surface area (Å²) in [7, 11) is -2.19. The van der Waals surface area contributed by atoms with Gasteiger partial charge in [0.25, 0.3) is 0 Å². The quantitative estimate of drug-likeness (QED) is 0.169. The molecule has 41 heavy (non-hydrogen) atoms. The van der Waals surface area contributed by atoms with Crippen molar-refractivity contribution in [2.75, 3.05) is 30.4 Å². The van der Waals surface area contributed by atoms with Gasteiger partial charge in [-0.05, 0) is 42.8 Å². The first kappa shape index (κ1) is 28.5. The summed E-state index contributed by atoms with van der Waals surface area (Å²) in [5, 5.41) is 32.6. The van der Waals surface area contributed by atoms with Crippen molar-refractivity contribution in [1.82, 2.24) is 24.9 Å². The van der Waals surface area contributed by atoms with Gasteiger partial charge < -0.3 is 20.4 Å². The van der Waals surface area contributed by atoms with E-state index in [0.29, 0.717) is 21.9 Å². The number of hydrogen-bond acceptors (Lipinski definition) is 12. The number of aliphatic hydroxyl groups excluding tert-OH is 1. The van der Waals surface area contributed by atoms with E-state index >= 15 is 0 Å². The fourth-order valence-corrected chi connectivity index (χ4v) is 7.00. The standard InChI is InChI=1S/C26H25N7O5S3/c1-15-12-20(31-32-23(15)30-25-28-18-10-6-7-11-19(18)39-25)33(2)26-29-21(24(35)36)22(40-26)16(14-34)13-27-41(37,38)17-8-4-3-5-9-17/h3-12,16,27,34H,13-14H2,1-2H3,(H,35,36)(H,28,30,32). The highest BCUT2D eigenvalue weighted by Gasteiger charge is 2.28. The minimum Gasteiger partial charge on any atom is -0.476 e. The van der Waals surface area contributed by atoms with E-state index in [0.717, 1.165) is 27.1 Å². The minimum absolute atomic E-state index is 0.0647. The number of thiazole rings is 2. The molecule has 0 aliphatic carbocycles. The summed E-state index contributed by atoms with van der Waals surface area (Å²) in [5.41, 5.74) is 1.39. The monoisotopic (exact) mass is 611 g/mol. The number of nitrogens with zero attached hydrogens (tertiary/aromatic N) is 5. The van der Waals surface area contributed by atoms with Crippen LogP contribution in [0.25, 0.3) is 10.2 Å². The number of rotatable bonds is 11. The molecule has 0 aliphatic heterocycles. The zero-order chi connectivity index (χ0) is 29.1. The van der Waals surface area contributed by atoms with Crippen LogP contribution in [0.4, 0.5) is 21.9 Å². The molecule has 12 nitrogen and oxygen atoms in total. The fourth-order valence-electron chi connectivity index (χ4n) is 3.91. The van der Waals surface area contributed by atoms with Crippen LogP contribution in [0.3, 0.4) is 0 Å². The Morgan fingerprint density at radius 1 is 1.05 bits per heavy atom. The number of para-hydroxylation sites is 1. The van der Waals surface area contributed by atoms with Gasteiger partial charge in [0.15, 0.2) is 27.6 Å². The van der Waals surface area contributed by atoms with Gasteiger partial charge in [-0.3, -0.25) is 0 Å². The first-order valence-electron chi connectivity index (χ1n) is 12.3. The smallest absolute Gasteiger partial charge is 0.355 e. The van der Waals surface area contributed by atoms with Crippen molar-refractivity contribution in [1.29, 1.82) is 0 Å². The maximum atomic E-state index is 12.7. The van der Waals surface area contributed by atoms with E-state index in [1.807, 2.05) is 31.2 Å². The molecule has 212 valence electrons. The molecule has 0 saturated carbocycles. The van der Waals surface area contributed by atoms with Gasteiger partial charge in [-0.1, -0.05) is 41.7 Å². The number of carbonyl (C=O) groups is 1. The number of hydrogen-bond donors (Lipinski definition) is 4. The number of nitrogens with one attached hydrogen (secondary N) is 2. The van der Waals surface area contributed by atoms with Crippen molar-refractivity contribution < 1.29 is 23.4 Å². The van der Waals surface area contributed by atoms with Gasteiger partial charge in [-0.2, -0.15) is 0 Å². The molecule has 0 spiro atoms. The Labute approximate surface area is 243 Å². The molecule has 1 atom stereocenters. The van der Waals surface area contributed by atoms with Gasteiger partial charge in [0.05, 0.1) is 21.7 Å². The van der Waals surface area contributed by atoms with Crippen LogP contribution < -0.4 is 14.9 Å². The maximum Gasteiger partial charge on any atom is 0.355 e. The van der Waals surface area contributed by atoms with Gasteiger partial charge in [0.2, 0.25) is 10.0 Å². The van der Waals surface area contributed by atoms with Gasteiger partial charge in [0.1, 0.15) is 0 Å². The van der Waals surface area contributed by atoms with Crippen LogP contribution in [-0.4, -0.2) is 65.0 Å². The summed E-state index contributed by atoms with van der Waals surface area (Å²) in [5.74, 6) is -1.19. The molecule has 0 saturated heterocycles. The van der Waals surface area contributed by atoms with Gasteiger partial charge in [-0.15, -0.1) is 21.5 Å². The lowest BCUT2D eigenvalue weighted by atomic mass is 10.1. The zero-order valence-corrected chi connectivity index (χ0v) is 24.3. The number of aromatic carboxylic acids is 1. The van der Waals surface area contributed by atoms with E-state index < -0.39 is 28.5 Å². The van der Waals surface area contributed by atoms with Crippen molar-refractivity contribution >= 4 is 70.8 Å². The lowest BCUT2D eigenvalue weighted by Crippen LogP contribution is -2.30. The third-order valence-electron chi connectivity index (χ3n) is 6.13. The highest BCUT2D eigenvalue weighted by atomic mass is 32.2. The number of sulfonamides is 1. The number of fused-ring (bicyclic) bond motifs is 1. The van der Waals surface area contributed by atoms with Crippen molar-refractivity contribution in [2.24, 2.45) is 0 Å². The largest absolute Gasteiger partial charge is 0.476 e. The Balaban J connectivity index is 1.36. The molecule has 5 aromatic rings.